The smallest absolute Gasteiger partial charge is 0.242 e. The van der Waals surface area contributed by atoms with E-state index >= 15 is 0 Å². The van der Waals surface area contributed by atoms with Gasteiger partial charge in [0.2, 0.25) is 11.8 Å². The number of nitrogens with zero attached hydrogens (tertiary/aromatic N) is 2. The number of halogens is 1. The molecular formula is C22H29ClN2O3S. The van der Waals surface area contributed by atoms with Crippen molar-refractivity contribution in [3.05, 3.63) is 58.3 Å². The van der Waals surface area contributed by atoms with Crippen molar-refractivity contribution in [3.63, 3.8) is 0 Å². The van der Waals surface area contributed by atoms with Crippen LogP contribution in [0.4, 0.5) is 0 Å². The van der Waals surface area contributed by atoms with Crippen LogP contribution in [0.1, 0.15) is 30.7 Å². The second-order valence-corrected chi connectivity index (χ2v) is 8.43. The molecule has 29 heavy (non-hydrogen) atoms. The Morgan fingerprint density at radius 2 is 1.86 bits per heavy atom. The van der Waals surface area contributed by atoms with Crippen molar-refractivity contribution in [1.29, 1.82) is 0 Å². The number of carbonyl (C=O) groups excluding carboxylic acids is 2. The van der Waals surface area contributed by atoms with Crippen molar-refractivity contribution in [2.75, 3.05) is 26.3 Å². The van der Waals surface area contributed by atoms with Crippen molar-refractivity contribution in [2.45, 2.75) is 38.7 Å². The summed E-state index contributed by atoms with van der Waals surface area (Å²) < 4.78 is 5.36. The zero-order valence-corrected chi connectivity index (χ0v) is 18.6. The van der Waals surface area contributed by atoms with E-state index in [-0.39, 0.29) is 18.4 Å². The van der Waals surface area contributed by atoms with E-state index in [1.165, 1.54) is 0 Å². The number of thiophene rings is 1. The van der Waals surface area contributed by atoms with Crippen LogP contribution in [0.15, 0.2) is 47.8 Å². The SMILES string of the molecule is CCOCCCN(CC(=O)N(Cc1ccccc1)Cc1cccs1)C(=O)C(C)Cl. The van der Waals surface area contributed by atoms with Crippen LogP contribution in [0.5, 0.6) is 0 Å². The first-order chi connectivity index (χ1) is 14.0. The molecule has 0 bridgehead atoms. The summed E-state index contributed by atoms with van der Waals surface area (Å²) in [6.45, 7) is 6.22. The highest BCUT2D eigenvalue weighted by molar-refractivity contribution is 7.09. The van der Waals surface area contributed by atoms with Crippen LogP contribution >= 0.6 is 22.9 Å². The van der Waals surface area contributed by atoms with Gasteiger partial charge < -0.3 is 14.5 Å². The molecule has 0 aliphatic rings. The van der Waals surface area contributed by atoms with E-state index in [1.54, 1.807) is 28.1 Å². The summed E-state index contributed by atoms with van der Waals surface area (Å²) in [5.74, 6) is -0.323. The first kappa shape index (κ1) is 23.4. The molecular weight excluding hydrogens is 408 g/mol. The Morgan fingerprint density at radius 1 is 1.10 bits per heavy atom. The lowest BCUT2D eigenvalue weighted by Crippen LogP contribution is -2.45. The summed E-state index contributed by atoms with van der Waals surface area (Å²) in [4.78, 5) is 30.1. The topological polar surface area (TPSA) is 49.9 Å². The number of ether oxygens (including phenoxy) is 1. The van der Waals surface area contributed by atoms with E-state index in [0.717, 1.165) is 10.4 Å². The van der Waals surface area contributed by atoms with Crippen LogP contribution in [-0.2, 0) is 27.4 Å². The van der Waals surface area contributed by atoms with Gasteiger partial charge in [0.25, 0.3) is 0 Å². The van der Waals surface area contributed by atoms with E-state index in [4.69, 9.17) is 16.3 Å². The number of hydrogen-bond acceptors (Lipinski definition) is 4. The molecule has 0 saturated carbocycles. The first-order valence-electron chi connectivity index (χ1n) is 9.86. The largest absolute Gasteiger partial charge is 0.382 e. The van der Waals surface area contributed by atoms with Crippen molar-refractivity contribution >= 4 is 34.8 Å². The summed E-state index contributed by atoms with van der Waals surface area (Å²) in [5.41, 5.74) is 1.05. The molecule has 0 radical (unpaired) electrons. The van der Waals surface area contributed by atoms with Gasteiger partial charge in [0.15, 0.2) is 0 Å². The third kappa shape index (κ3) is 8.17. The summed E-state index contributed by atoms with van der Waals surface area (Å²) in [5, 5.41) is 1.33. The third-order valence-electron chi connectivity index (χ3n) is 4.39. The van der Waals surface area contributed by atoms with Crippen molar-refractivity contribution in [3.8, 4) is 0 Å². The quantitative estimate of drug-likeness (QED) is 0.371. The minimum atomic E-state index is -0.672. The van der Waals surface area contributed by atoms with E-state index in [1.807, 2.05) is 54.8 Å². The Kier molecular flexibility index (Phi) is 10.2. The van der Waals surface area contributed by atoms with Crippen molar-refractivity contribution in [2.24, 2.45) is 0 Å². The van der Waals surface area contributed by atoms with Crippen molar-refractivity contribution < 1.29 is 14.3 Å². The Labute approximate surface area is 182 Å². The highest BCUT2D eigenvalue weighted by Gasteiger charge is 2.24. The van der Waals surface area contributed by atoms with Crippen LogP contribution in [-0.4, -0.2) is 53.3 Å². The molecule has 0 saturated heterocycles. The predicted octanol–water partition coefficient (Wildman–Crippen LogP) is 4.16. The number of carbonyl (C=O) groups is 2. The molecule has 1 unspecified atom stereocenters. The number of benzene rings is 1. The maximum atomic E-state index is 13.2. The standard InChI is InChI=1S/C22H29ClN2O3S/c1-3-28-13-8-12-24(22(27)18(2)23)17-21(26)25(16-20-11-7-14-29-20)15-19-9-5-4-6-10-19/h4-7,9-11,14,18H,3,8,12-13,15-17H2,1-2H3. The zero-order chi connectivity index (χ0) is 21.1. The molecule has 2 rings (SSSR count). The average molecular weight is 437 g/mol. The van der Waals surface area contributed by atoms with Crippen LogP contribution in [0.25, 0.3) is 0 Å². The predicted molar refractivity (Wildman–Crippen MR) is 118 cm³/mol. The molecule has 1 heterocycles. The third-order valence-corrected chi connectivity index (χ3v) is 5.44. The molecule has 2 amide bonds. The molecule has 0 fully saturated rings. The molecule has 0 aliphatic carbocycles. The molecule has 1 aromatic heterocycles. The lowest BCUT2D eigenvalue weighted by molar-refractivity contribution is -0.141. The van der Waals surface area contributed by atoms with Gasteiger partial charge in [-0.05, 0) is 37.3 Å². The van der Waals surface area contributed by atoms with Gasteiger partial charge in [-0.25, -0.2) is 0 Å². The average Bonchev–Trinajstić information content (AvgIpc) is 3.23. The van der Waals surface area contributed by atoms with Gasteiger partial charge in [-0.2, -0.15) is 0 Å². The first-order valence-corrected chi connectivity index (χ1v) is 11.2. The van der Waals surface area contributed by atoms with Crippen LogP contribution in [0.2, 0.25) is 0 Å². The highest BCUT2D eigenvalue weighted by Crippen LogP contribution is 2.16. The fourth-order valence-electron chi connectivity index (χ4n) is 2.91. The molecule has 1 aromatic carbocycles. The maximum Gasteiger partial charge on any atom is 0.242 e. The fraction of sp³-hybridized carbons (Fsp3) is 0.455. The summed E-state index contributed by atoms with van der Waals surface area (Å²) in [6, 6.07) is 13.9. The van der Waals surface area contributed by atoms with Gasteiger partial charge in [0.1, 0.15) is 5.38 Å². The van der Waals surface area contributed by atoms with E-state index < -0.39 is 5.38 Å². The molecule has 2 aromatic rings. The molecule has 5 nitrogen and oxygen atoms in total. The van der Waals surface area contributed by atoms with Gasteiger partial charge in [0, 0.05) is 31.2 Å². The Bertz CT molecular complexity index is 738. The second kappa shape index (κ2) is 12.6. The summed E-state index contributed by atoms with van der Waals surface area (Å²) >= 11 is 7.64. The van der Waals surface area contributed by atoms with Crippen LogP contribution < -0.4 is 0 Å². The minimum Gasteiger partial charge on any atom is -0.382 e. The summed E-state index contributed by atoms with van der Waals surface area (Å²) in [6.07, 6.45) is 0.667. The van der Waals surface area contributed by atoms with E-state index in [9.17, 15) is 9.59 Å². The minimum absolute atomic E-state index is 0.0141. The molecule has 7 heteroatoms. The zero-order valence-electron chi connectivity index (χ0n) is 17.1. The Balaban J connectivity index is 2.09. The van der Waals surface area contributed by atoms with E-state index in [0.29, 0.717) is 39.3 Å². The number of rotatable bonds is 12. The maximum absolute atomic E-state index is 13.2. The molecule has 0 aliphatic heterocycles. The fourth-order valence-corrected chi connectivity index (χ4v) is 3.77. The van der Waals surface area contributed by atoms with Gasteiger partial charge in [-0.15, -0.1) is 22.9 Å². The van der Waals surface area contributed by atoms with Gasteiger partial charge in [-0.3, -0.25) is 9.59 Å². The Hall–Kier alpha value is -1.89. The number of alkyl halides is 1. The van der Waals surface area contributed by atoms with Gasteiger partial charge in [0.05, 0.1) is 13.1 Å². The van der Waals surface area contributed by atoms with Crippen LogP contribution in [0.3, 0.4) is 0 Å². The Morgan fingerprint density at radius 3 is 2.48 bits per heavy atom. The molecule has 1 atom stereocenters. The molecule has 0 spiro atoms. The normalized spacial score (nSPS) is 11.8. The number of amides is 2. The lowest BCUT2D eigenvalue weighted by Gasteiger charge is -2.28. The van der Waals surface area contributed by atoms with Crippen molar-refractivity contribution in [1.82, 2.24) is 9.80 Å². The van der Waals surface area contributed by atoms with Gasteiger partial charge in [-0.1, -0.05) is 36.4 Å². The van der Waals surface area contributed by atoms with Crippen LogP contribution in [0, 0.1) is 0 Å². The molecule has 158 valence electrons. The highest BCUT2D eigenvalue weighted by atomic mass is 35.5. The molecule has 0 N–H and O–H groups in total. The number of hydrogen-bond donors (Lipinski definition) is 0. The lowest BCUT2D eigenvalue weighted by atomic mass is 10.2. The monoisotopic (exact) mass is 436 g/mol. The van der Waals surface area contributed by atoms with E-state index in [2.05, 4.69) is 0 Å². The summed E-state index contributed by atoms with van der Waals surface area (Å²) in [7, 11) is 0. The second-order valence-electron chi connectivity index (χ2n) is 6.74. The van der Waals surface area contributed by atoms with Gasteiger partial charge >= 0.3 is 0 Å².